The lowest BCUT2D eigenvalue weighted by molar-refractivity contribution is -0.128. The SMILES string of the molecule is CSCC(=O)N1CCN(c2ccc(S(=O)(=O)N3CCOCC3)cn2)CC1. The van der Waals surface area contributed by atoms with Gasteiger partial charge in [-0.05, 0) is 18.4 Å². The monoisotopic (exact) mass is 400 g/mol. The Hall–Kier alpha value is -1.36. The quantitative estimate of drug-likeness (QED) is 0.694. The Kier molecular flexibility index (Phi) is 6.38. The summed E-state index contributed by atoms with van der Waals surface area (Å²) in [7, 11) is -3.52. The van der Waals surface area contributed by atoms with E-state index < -0.39 is 10.0 Å². The van der Waals surface area contributed by atoms with Crippen LogP contribution in [0.15, 0.2) is 23.2 Å². The zero-order valence-corrected chi connectivity index (χ0v) is 16.5. The van der Waals surface area contributed by atoms with Crippen molar-refractivity contribution >= 4 is 33.5 Å². The molecule has 0 aliphatic carbocycles. The third-order valence-corrected chi connectivity index (χ3v) is 6.97. The van der Waals surface area contributed by atoms with E-state index in [1.165, 1.54) is 22.3 Å². The number of amides is 1. The molecule has 1 aromatic heterocycles. The minimum absolute atomic E-state index is 0.164. The number of hydrogen-bond donors (Lipinski definition) is 0. The summed E-state index contributed by atoms with van der Waals surface area (Å²) in [4.78, 5) is 20.4. The highest BCUT2D eigenvalue weighted by Crippen LogP contribution is 2.20. The van der Waals surface area contributed by atoms with Crippen molar-refractivity contribution in [2.75, 3.05) is 69.4 Å². The number of morpholine rings is 1. The van der Waals surface area contributed by atoms with Crippen LogP contribution in [0.4, 0.5) is 5.82 Å². The van der Waals surface area contributed by atoms with Gasteiger partial charge in [0, 0.05) is 45.5 Å². The molecule has 0 radical (unpaired) electrons. The molecule has 1 aromatic rings. The number of ether oxygens (including phenoxy) is 1. The predicted molar refractivity (Wildman–Crippen MR) is 101 cm³/mol. The molecule has 0 bridgehead atoms. The number of carbonyl (C=O) groups excluding carboxylic acids is 1. The molecular weight excluding hydrogens is 376 g/mol. The average molecular weight is 401 g/mol. The van der Waals surface area contributed by atoms with Gasteiger partial charge < -0.3 is 14.5 Å². The lowest BCUT2D eigenvalue weighted by Crippen LogP contribution is -2.49. The van der Waals surface area contributed by atoms with Gasteiger partial charge in [-0.25, -0.2) is 13.4 Å². The normalized spacial score (nSPS) is 19.6. The highest BCUT2D eigenvalue weighted by Gasteiger charge is 2.27. The van der Waals surface area contributed by atoms with Crippen molar-refractivity contribution in [2.24, 2.45) is 0 Å². The molecule has 0 aromatic carbocycles. The number of carbonyl (C=O) groups is 1. The number of sulfonamides is 1. The topological polar surface area (TPSA) is 83.1 Å². The molecule has 2 aliphatic heterocycles. The van der Waals surface area contributed by atoms with E-state index in [0.717, 1.165) is 5.82 Å². The first-order valence-electron chi connectivity index (χ1n) is 8.58. The van der Waals surface area contributed by atoms with Crippen molar-refractivity contribution in [3.05, 3.63) is 18.3 Å². The van der Waals surface area contributed by atoms with Gasteiger partial charge in [0.25, 0.3) is 0 Å². The Balaban J connectivity index is 1.62. The Bertz CT molecular complexity index is 712. The second-order valence-corrected chi connectivity index (χ2v) is 8.97. The lowest BCUT2D eigenvalue weighted by Gasteiger charge is -2.35. The largest absolute Gasteiger partial charge is 0.379 e. The van der Waals surface area contributed by atoms with Gasteiger partial charge >= 0.3 is 0 Å². The summed E-state index contributed by atoms with van der Waals surface area (Å²) < 4.78 is 31.9. The van der Waals surface area contributed by atoms with Crippen molar-refractivity contribution < 1.29 is 17.9 Å². The highest BCUT2D eigenvalue weighted by atomic mass is 32.2. The van der Waals surface area contributed by atoms with Crippen molar-refractivity contribution in [3.63, 3.8) is 0 Å². The summed E-state index contributed by atoms with van der Waals surface area (Å²) in [6.45, 7) is 4.30. The summed E-state index contributed by atoms with van der Waals surface area (Å²) in [6, 6.07) is 3.35. The Morgan fingerprint density at radius 1 is 1.15 bits per heavy atom. The minimum Gasteiger partial charge on any atom is -0.379 e. The smallest absolute Gasteiger partial charge is 0.244 e. The van der Waals surface area contributed by atoms with Crippen LogP contribution in [0.3, 0.4) is 0 Å². The maximum atomic E-state index is 12.6. The van der Waals surface area contributed by atoms with E-state index in [0.29, 0.717) is 58.2 Å². The van der Waals surface area contributed by atoms with Gasteiger partial charge in [-0.1, -0.05) is 0 Å². The van der Waals surface area contributed by atoms with Crippen molar-refractivity contribution in [1.82, 2.24) is 14.2 Å². The summed E-state index contributed by atoms with van der Waals surface area (Å²) >= 11 is 1.53. The Labute approximate surface area is 158 Å². The van der Waals surface area contributed by atoms with Crippen LogP contribution < -0.4 is 4.90 Å². The van der Waals surface area contributed by atoms with Gasteiger partial charge in [-0.2, -0.15) is 16.1 Å². The van der Waals surface area contributed by atoms with E-state index in [4.69, 9.17) is 4.74 Å². The third-order valence-electron chi connectivity index (χ3n) is 4.55. The van der Waals surface area contributed by atoms with Crippen LogP contribution in [0.25, 0.3) is 0 Å². The first kappa shape index (κ1) is 19.4. The maximum Gasteiger partial charge on any atom is 0.244 e. The summed E-state index contributed by atoms with van der Waals surface area (Å²) in [5.41, 5.74) is 0. The molecule has 2 fully saturated rings. The van der Waals surface area contributed by atoms with Crippen LogP contribution in [0.1, 0.15) is 0 Å². The number of nitrogens with zero attached hydrogens (tertiary/aromatic N) is 4. The number of piperazine rings is 1. The van der Waals surface area contributed by atoms with Crippen molar-refractivity contribution in [1.29, 1.82) is 0 Å². The molecule has 0 unspecified atom stereocenters. The second kappa shape index (κ2) is 8.55. The van der Waals surface area contributed by atoms with Crippen LogP contribution in [0, 0.1) is 0 Å². The fourth-order valence-corrected chi connectivity index (χ4v) is 4.83. The number of rotatable bonds is 5. The van der Waals surface area contributed by atoms with Gasteiger partial charge in [0.2, 0.25) is 15.9 Å². The molecule has 3 heterocycles. The van der Waals surface area contributed by atoms with E-state index in [1.807, 2.05) is 11.2 Å². The lowest BCUT2D eigenvalue weighted by atomic mass is 10.3. The number of hydrogen-bond acceptors (Lipinski definition) is 7. The van der Waals surface area contributed by atoms with E-state index in [1.54, 1.807) is 12.1 Å². The number of anilines is 1. The zero-order chi connectivity index (χ0) is 18.6. The molecule has 0 N–H and O–H groups in total. The van der Waals surface area contributed by atoms with Crippen LogP contribution >= 0.6 is 11.8 Å². The molecule has 2 saturated heterocycles. The summed E-state index contributed by atoms with van der Waals surface area (Å²) in [6.07, 6.45) is 3.34. The van der Waals surface area contributed by atoms with Gasteiger partial charge in [0.1, 0.15) is 10.7 Å². The van der Waals surface area contributed by atoms with Crippen LogP contribution in [-0.4, -0.2) is 93.0 Å². The van der Waals surface area contributed by atoms with Crippen molar-refractivity contribution in [2.45, 2.75) is 4.90 Å². The standard InChI is InChI=1S/C16H24N4O4S2/c1-25-13-16(21)19-6-4-18(5-7-19)15-3-2-14(12-17-15)26(22,23)20-8-10-24-11-9-20/h2-3,12H,4-11,13H2,1H3. The number of thioether (sulfide) groups is 1. The fourth-order valence-electron chi connectivity index (χ4n) is 3.05. The fraction of sp³-hybridized carbons (Fsp3) is 0.625. The minimum atomic E-state index is -3.52. The molecule has 26 heavy (non-hydrogen) atoms. The van der Waals surface area contributed by atoms with Gasteiger partial charge in [0.05, 0.1) is 19.0 Å². The van der Waals surface area contributed by atoms with Gasteiger partial charge in [-0.3, -0.25) is 4.79 Å². The highest BCUT2D eigenvalue weighted by molar-refractivity contribution is 7.99. The molecule has 2 aliphatic rings. The van der Waals surface area contributed by atoms with Crippen LogP contribution in [0.2, 0.25) is 0 Å². The maximum absolute atomic E-state index is 12.6. The van der Waals surface area contributed by atoms with Crippen molar-refractivity contribution in [3.8, 4) is 0 Å². The number of pyridine rings is 1. The molecule has 1 amide bonds. The van der Waals surface area contributed by atoms with E-state index in [2.05, 4.69) is 9.88 Å². The van der Waals surface area contributed by atoms with Gasteiger partial charge in [-0.15, -0.1) is 0 Å². The summed E-state index contributed by atoms with van der Waals surface area (Å²) in [5.74, 6) is 1.41. The van der Waals surface area contributed by atoms with E-state index >= 15 is 0 Å². The molecule has 0 atom stereocenters. The first-order valence-corrected chi connectivity index (χ1v) is 11.4. The summed E-state index contributed by atoms with van der Waals surface area (Å²) in [5, 5.41) is 0. The molecular formula is C16H24N4O4S2. The van der Waals surface area contributed by atoms with Crippen LogP contribution in [-0.2, 0) is 19.6 Å². The van der Waals surface area contributed by atoms with Gasteiger partial charge in [0.15, 0.2) is 0 Å². The van der Waals surface area contributed by atoms with E-state index in [-0.39, 0.29) is 10.8 Å². The third kappa shape index (κ3) is 4.30. The molecule has 3 rings (SSSR count). The van der Waals surface area contributed by atoms with E-state index in [9.17, 15) is 13.2 Å². The predicted octanol–water partition coefficient (Wildman–Crippen LogP) is 0.114. The molecule has 0 spiro atoms. The Morgan fingerprint density at radius 2 is 1.85 bits per heavy atom. The molecule has 0 saturated carbocycles. The first-order chi connectivity index (χ1) is 12.5. The second-order valence-electron chi connectivity index (χ2n) is 6.17. The number of aromatic nitrogens is 1. The zero-order valence-electron chi connectivity index (χ0n) is 14.8. The molecule has 144 valence electrons. The average Bonchev–Trinajstić information content (AvgIpc) is 2.69. The molecule has 8 nitrogen and oxygen atoms in total. The van der Waals surface area contributed by atoms with Crippen LogP contribution in [0.5, 0.6) is 0 Å². The Morgan fingerprint density at radius 3 is 2.42 bits per heavy atom. The molecule has 10 heteroatoms.